The van der Waals surface area contributed by atoms with E-state index >= 15 is 0 Å². The number of nitrogens with one attached hydrogen (secondary N) is 1. The fraction of sp³-hybridized carbons (Fsp3) is 0.857. The predicted octanol–water partition coefficient (Wildman–Crippen LogP) is 0.166. The van der Waals surface area contributed by atoms with Gasteiger partial charge < -0.3 is 5.32 Å². The van der Waals surface area contributed by atoms with Crippen molar-refractivity contribution < 1.29 is 13.2 Å². The number of rotatable bonds is 6. The lowest BCUT2D eigenvalue weighted by Crippen LogP contribution is -2.29. The van der Waals surface area contributed by atoms with Gasteiger partial charge in [-0.25, -0.2) is 8.42 Å². The third-order valence-electron chi connectivity index (χ3n) is 1.50. The van der Waals surface area contributed by atoms with Crippen LogP contribution >= 0.6 is 11.6 Å². The van der Waals surface area contributed by atoms with Gasteiger partial charge in [-0.05, 0) is 0 Å². The molecule has 0 atom stereocenters. The first-order chi connectivity index (χ1) is 6.02. The lowest BCUT2D eigenvalue weighted by atomic mass is 10.4. The molecular weight excluding hydrogens is 214 g/mol. The molecule has 0 fully saturated rings. The van der Waals surface area contributed by atoms with Crippen molar-refractivity contribution in [2.45, 2.75) is 13.3 Å². The van der Waals surface area contributed by atoms with Crippen LogP contribution in [0.3, 0.4) is 0 Å². The molecule has 0 aromatic carbocycles. The Morgan fingerprint density at radius 3 is 2.54 bits per heavy atom. The molecule has 0 aliphatic carbocycles. The minimum Gasteiger partial charge on any atom is -0.355 e. The molecule has 1 N–H and O–H groups in total. The Labute approximate surface area is 83.6 Å². The summed E-state index contributed by atoms with van der Waals surface area (Å²) in [6, 6.07) is 0. The van der Waals surface area contributed by atoms with Gasteiger partial charge in [0.1, 0.15) is 0 Å². The maximum Gasteiger partial charge on any atom is 0.221 e. The van der Waals surface area contributed by atoms with Crippen LogP contribution in [0.25, 0.3) is 0 Å². The number of amides is 1. The summed E-state index contributed by atoms with van der Waals surface area (Å²) in [6.45, 7) is 1.75. The Bertz CT molecular complexity index is 250. The van der Waals surface area contributed by atoms with Gasteiger partial charge in [0.15, 0.2) is 9.84 Å². The number of carbonyl (C=O) groups excluding carboxylic acids is 1. The molecule has 4 nitrogen and oxygen atoms in total. The quantitative estimate of drug-likeness (QED) is 0.658. The van der Waals surface area contributed by atoms with E-state index < -0.39 is 9.84 Å². The molecule has 0 saturated carbocycles. The SMILES string of the molecule is CCS(=O)(=O)CCNC(=O)CCCl. The first-order valence-corrected chi connectivity index (χ1v) is 6.40. The van der Waals surface area contributed by atoms with Crippen LogP contribution in [0.15, 0.2) is 0 Å². The lowest BCUT2D eigenvalue weighted by Gasteiger charge is -2.03. The molecule has 0 aromatic heterocycles. The van der Waals surface area contributed by atoms with Gasteiger partial charge in [0.2, 0.25) is 5.91 Å². The second-order valence-corrected chi connectivity index (χ2v) is 5.38. The Balaban J connectivity index is 3.62. The Hall–Kier alpha value is -0.290. The number of sulfone groups is 1. The van der Waals surface area contributed by atoms with E-state index in [0.29, 0.717) is 0 Å². The van der Waals surface area contributed by atoms with Gasteiger partial charge >= 0.3 is 0 Å². The van der Waals surface area contributed by atoms with Gasteiger partial charge in [0.25, 0.3) is 0 Å². The van der Waals surface area contributed by atoms with E-state index in [-0.39, 0.29) is 36.3 Å². The summed E-state index contributed by atoms with van der Waals surface area (Å²) < 4.78 is 21.9. The Kier molecular flexibility index (Phi) is 6.07. The zero-order chi connectivity index (χ0) is 10.3. The van der Waals surface area contributed by atoms with Gasteiger partial charge in [0.05, 0.1) is 5.75 Å². The highest BCUT2D eigenvalue weighted by atomic mass is 35.5. The van der Waals surface area contributed by atoms with Crippen LogP contribution in [0.5, 0.6) is 0 Å². The molecule has 1 amide bonds. The molecule has 0 heterocycles. The minimum absolute atomic E-state index is 0.00245. The smallest absolute Gasteiger partial charge is 0.221 e. The van der Waals surface area contributed by atoms with Crippen molar-refractivity contribution in [2.75, 3.05) is 23.9 Å². The van der Waals surface area contributed by atoms with Crippen molar-refractivity contribution >= 4 is 27.3 Å². The van der Waals surface area contributed by atoms with Gasteiger partial charge in [-0.15, -0.1) is 11.6 Å². The maximum atomic E-state index is 11.0. The number of carbonyl (C=O) groups is 1. The fourth-order valence-electron chi connectivity index (χ4n) is 0.664. The van der Waals surface area contributed by atoms with Crippen molar-refractivity contribution in [3.8, 4) is 0 Å². The molecule has 0 aliphatic heterocycles. The lowest BCUT2D eigenvalue weighted by molar-refractivity contribution is -0.120. The summed E-state index contributed by atoms with van der Waals surface area (Å²) in [6.07, 6.45) is 0.230. The number of halogens is 1. The molecule has 13 heavy (non-hydrogen) atoms. The van der Waals surface area contributed by atoms with Gasteiger partial charge in [0, 0.05) is 24.6 Å². The van der Waals surface area contributed by atoms with Crippen LogP contribution in [-0.4, -0.2) is 38.3 Å². The van der Waals surface area contributed by atoms with Crippen molar-refractivity contribution in [3.63, 3.8) is 0 Å². The third kappa shape index (κ3) is 6.83. The van der Waals surface area contributed by atoms with Gasteiger partial charge in [-0.1, -0.05) is 6.92 Å². The van der Waals surface area contributed by atoms with E-state index in [2.05, 4.69) is 5.32 Å². The van der Waals surface area contributed by atoms with E-state index in [1.807, 2.05) is 0 Å². The molecule has 0 radical (unpaired) electrons. The van der Waals surface area contributed by atoms with E-state index in [1.165, 1.54) is 0 Å². The number of hydrogen-bond acceptors (Lipinski definition) is 3. The molecule has 0 rings (SSSR count). The van der Waals surface area contributed by atoms with Crippen LogP contribution in [-0.2, 0) is 14.6 Å². The first kappa shape index (κ1) is 12.7. The zero-order valence-electron chi connectivity index (χ0n) is 7.55. The van der Waals surface area contributed by atoms with E-state index in [1.54, 1.807) is 6.92 Å². The average molecular weight is 228 g/mol. The van der Waals surface area contributed by atoms with Crippen LogP contribution in [0.2, 0.25) is 0 Å². The third-order valence-corrected chi connectivity index (χ3v) is 3.39. The summed E-state index contributed by atoms with van der Waals surface area (Å²) in [5.41, 5.74) is 0. The summed E-state index contributed by atoms with van der Waals surface area (Å²) in [5, 5.41) is 2.47. The standard InChI is InChI=1S/C7H14ClNO3S/c1-2-13(11,12)6-5-9-7(10)3-4-8/h2-6H2,1H3,(H,9,10). The van der Waals surface area contributed by atoms with E-state index in [4.69, 9.17) is 11.6 Å². The summed E-state index contributed by atoms with van der Waals surface area (Å²) in [5.74, 6) is 0.156. The molecule has 78 valence electrons. The highest BCUT2D eigenvalue weighted by Gasteiger charge is 2.07. The van der Waals surface area contributed by atoms with Crippen molar-refractivity contribution in [3.05, 3.63) is 0 Å². The minimum atomic E-state index is -2.98. The van der Waals surface area contributed by atoms with Crippen molar-refractivity contribution in [2.24, 2.45) is 0 Å². The molecule has 0 spiro atoms. The molecular formula is C7H14ClNO3S. The zero-order valence-corrected chi connectivity index (χ0v) is 9.12. The second-order valence-electron chi connectivity index (χ2n) is 2.53. The first-order valence-electron chi connectivity index (χ1n) is 4.05. The monoisotopic (exact) mass is 227 g/mol. The van der Waals surface area contributed by atoms with Crippen LogP contribution in [0.1, 0.15) is 13.3 Å². The molecule has 0 aliphatic rings. The largest absolute Gasteiger partial charge is 0.355 e. The van der Waals surface area contributed by atoms with E-state index in [0.717, 1.165) is 0 Å². The van der Waals surface area contributed by atoms with E-state index in [9.17, 15) is 13.2 Å². The molecule has 0 unspecified atom stereocenters. The number of hydrogen-bond donors (Lipinski definition) is 1. The number of alkyl halides is 1. The van der Waals surface area contributed by atoms with Crippen LogP contribution < -0.4 is 5.32 Å². The van der Waals surface area contributed by atoms with Crippen LogP contribution in [0.4, 0.5) is 0 Å². The molecule has 0 bridgehead atoms. The summed E-state index contributed by atoms with van der Waals surface area (Å²) in [7, 11) is -2.98. The highest BCUT2D eigenvalue weighted by molar-refractivity contribution is 7.91. The van der Waals surface area contributed by atoms with Crippen molar-refractivity contribution in [1.82, 2.24) is 5.32 Å². The molecule has 6 heteroatoms. The summed E-state index contributed by atoms with van der Waals surface area (Å²) >= 11 is 5.31. The average Bonchev–Trinajstić information content (AvgIpc) is 2.05. The van der Waals surface area contributed by atoms with Gasteiger partial charge in [-0.2, -0.15) is 0 Å². The van der Waals surface area contributed by atoms with Crippen molar-refractivity contribution in [1.29, 1.82) is 0 Å². The Morgan fingerprint density at radius 1 is 1.46 bits per heavy atom. The predicted molar refractivity (Wildman–Crippen MR) is 52.7 cm³/mol. The summed E-state index contributed by atoms with van der Waals surface area (Å²) in [4.78, 5) is 10.8. The highest BCUT2D eigenvalue weighted by Crippen LogP contribution is 1.88. The molecule has 0 aromatic rings. The second kappa shape index (κ2) is 6.21. The van der Waals surface area contributed by atoms with Gasteiger partial charge in [-0.3, -0.25) is 4.79 Å². The fourth-order valence-corrected chi connectivity index (χ4v) is 1.54. The normalized spacial score (nSPS) is 11.2. The maximum absolute atomic E-state index is 11.0. The molecule has 0 saturated heterocycles. The topological polar surface area (TPSA) is 63.2 Å². The Morgan fingerprint density at radius 2 is 2.08 bits per heavy atom. The van der Waals surface area contributed by atoms with Crippen LogP contribution in [0, 0.1) is 0 Å².